The normalized spacial score (nSPS) is 11.7. The molecule has 3 nitrogen and oxygen atoms in total. The van der Waals surface area contributed by atoms with Crippen molar-refractivity contribution in [3.63, 3.8) is 0 Å². The van der Waals surface area contributed by atoms with Crippen molar-refractivity contribution in [1.82, 2.24) is 4.57 Å². The third-order valence-electron chi connectivity index (χ3n) is 3.22. The number of carboxylic acid groups (broad SMARTS) is 1. The summed E-state index contributed by atoms with van der Waals surface area (Å²) < 4.78 is 2.28. The van der Waals surface area contributed by atoms with Gasteiger partial charge in [-0.05, 0) is 44.0 Å². The summed E-state index contributed by atoms with van der Waals surface area (Å²) in [6.45, 7) is 8.61. The van der Waals surface area contributed by atoms with Crippen molar-refractivity contribution in [3.8, 4) is 0 Å². The van der Waals surface area contributed by atoms with E-state index in [1.807, 2.05) is 6.07 Å². The zero-order chi connectivity index (χ0) is 13.4. The molecule has 0 aliphatic heterocycles. The second-order valence-corrected chi connectivity index (χ2v) is 5.27. The van der Waals surface area contributed by atoms with Gasteiger partial charge in [-0.1, -0.05) is 13.8 Å². The molecule has 0 atom stereocenters. The standard InChI is InChI=1S/C15H19NO2/c1-9(2)14-8-12-7-11(15(17)18)5-6-13(12)16(14)10(3)4/h5-10H,1-4H3,(H,17,18). The van der Waals surface area contributed by atoms with Gasteiger partial charge in [0.1, 0.15) is 0 Å². The number of nitrogens with zero attached hydrogens (tertiary/aromatic N) is 1. The van der Waals surface area contributed by atoms with Gasteiger partial charge in [-0.3, -0.25) is 0 Å². The average molecular weight is 245 g/mol. The van der Waals surface area contributed by atoms with E-state index in [9.17, 15) is 4.79 Å². The summed E-state index contributed by atoms with van der Waals surface area (Å²) in [5, 5.41) is 10.0. The maximum absolute atomic E-state index is 11.0. The van der Waals surface area contributed by atoms with Gasteiger partial charge in [-0.25, -0.2) is 4.79 Å². The van der Waals surface area contributed by atoms with Crippen LogP contribution in [0.4, 0.5) is 0 Å². The highest BCUT2D eigenvalue weighted by atomic mass is 16.4. The first-order chi connectivity index (χ1) is 8.41. The molecule has 0 fully saturated rings. The zero-order valence-electron chi connectivity index (χ0n) is 11.3. The molecule has 2 rings (SSSR count). The van der Waals surface area contributed by atoms with E-state index in [1.54, 1.807) is 12.1 Å². The Morgan fingerprint density at radius 1 is 1.17 bits per heavy atom. The van der Waals surface area contributed by atoms with Crippen LogP contribution < -0.4 is 0 Å². The van der Waals surface area contributed by atoms with Crippen molar-refractivity contribution in [2.24, 2.45) is 0 Å². The van der Waals surface area contributed by atoms with Gasteiger partial charge < -0.3 is 9.67 Å². The molecule has 0 bridgehead atoms. The number of aromatic carboxylic acids is 1. The highest BCUT2D eigenvalue weighted by Crippen LogP contribution is 2.29. The number of benzene rings is 1. The first-order valence-electron chi connectivity index (χ1n) is 6.30. The molecule has 1 heterocycles. The number of carbonyl (C=O) groups is 1. The first-order valence-corrected chi connectivity index (χ1v) is 6.30. The summed E-state index contributed by atoms with van der Waals surface area (Å²) >= 11 is 0. The van der Waals surface area contributed by atoms with Crippen LogP contribution in [0.15, 0.2) is 24.3 Å². The molecule has 2 aromatic rings. The lowest BCUT2D eigenvalue weighted by Crippen LogP contribution is -2.06. The largest absolute Gasteiger partial charge is 0.478 e. The minimum absolute atomic E-state index is 0.346. The SMILES string of the molecule is CC(C)c1cc2cc(C(=O)O)ccc2n1C(C)C. The van der Waals surface area contributed by atoms with Gasteiger partial charge in [-0.15, -0.1) is 0 Å². The minimum Gasteiger partial charge on any atom is -0.478 e. The molecule has 96 valence electrons. The molecule has 0 radical (unpaired) electrons. The predicted molar refractivity (Wildman–Crippen MR) is 73.4 cm³/mol. The number of rotatable bonds is 3. The van der Waals surface area contributed by atoms with E-state index < -0.39 is 5.97 Å². The number of carboxylic acids is 1. The Balaban J connectivity index is 2.72. The molecule has 0 aliphatic rings. The van der Waals surface area contributed by atoms with Crippen LogP contribution in [0, 0.1) is 0 Å². The summed E-state index contributed by atoms with van der Waals surface area (Å²) in [6, 6.07) is 7.81. The zero-order valence-corrected chi connectivity index (χ0v) is 11.3. The Morgan fingerprint density at radius 2 is 1.83 bits per heavy atom. The third kappa shape index (κ3) is 2.01. The molecule has 0 saturated heterocycles. The lowest BCUT2D eigenvalue weighted by molar-refractivity contribution is 0.0697. The van der Waals surface area contributed by atoms with Crippen LogP contribution in [0.25, 0.3) is 10.9 Å². The Hall–Kier alpha value is -1.77. The lowest BCUT2D eigenvalue weighted by Gasteiger charge is -2.16. The van der Waals surface area contributed by atoms with Crippen LogP contribution in [0.1, 0.15) is 55.7 Å². The predicted octanol–water partition coefficient (Wildman–Crippen LogP) is 4.04. The quantitative estimate of drug-likeness (QED) is 0.886. The summed E-state index contributed by atoms with van der Waals surface area (Å²) in [7, 11) is 0. The monoisotopic (exact) mass is 245 g/mol. The van der Waals surface area contributed by atoms with Crippen LogP contribution >= 0.6 is 0 Å². The summed E-state index contributed by atoms with van der Waals surface area (Å²) in [4.78, 5) is 11.0. The highest BCUT2D eigenvalue weighted by molar-refractivity contribution is 5.94. The molecule has 0 amide bonds. The van der Waals surface area contributed by atoms with Gasteiger partial charge >= 0.3 is 5.97 Å². The topological polar surface area (TPSA) is 42.2 Å². The molecule has 0 saturated carbocycles. The molecule has 3 heteroatoms. The Morgan fingerprint density at radius 3 is 2.33 bits per heavy atom. The van der Waals surface area contributed by atoms with Crippen LogP contribution in [0.3, 0.4) is 0 Å². The number of aromatic nitrogens is 1. The van der Waals surface area contributed by atoms with E-state index in [1.165, 1.54) is 5.69 Å². The van der Waals surface area contributed by atoms with Gasteiger partial charge in [0.05, 0.1) is 5.56 Å². The van der Waals surface area contributed by atoms with Crippen LogP contribution in [0.2, 0.25) is 0 Å². The van der Waals surface area contributed by atoms with Gasteiger partial charge in [0, 0.05) is 22.6 Å². The molecule has 0 spiro atoms. The van der Waals surface area contributed by atoms with Crippen molar-refractivity contribution in [2.45, 2.75) is 39.7 Å². The smallest absolute Gasteiger partial charge is 0.335 e. The Kier molecular flexibility index (Phi) is 3.16. The van der Waals surface area contributed by atoms with Crippen molar-refractivity contribution in [3.05, 3.63) is 35.5 Å². The molecule has 0 aliphatic carbocycles. The van der Waals surface area contributed by atoms with E-state index in [2.05, 4.69) is 38.3 Å². The first kappa shape index (κ1) is 12.7. The molecule has 1 aromatic carbocycles. The second-order valence-electron chi connectivity index (χ2n) is 5.27. The summed E-state index contributed by atoms with van der Waals surface area (Å²) in [5.41, 5.74) is 2.71. The van der Waals surface area contributed by atoms with Crippen LogP contribution in [-0.2, 0) is 0 Å². The van der Waals surface area contributed by atoms with Crippen molar-refractivity contribution in [1.29, 1.82) is 0 Å². The van der Waals surface area contributed by atoms with Gasteiger partial charge in [0.15, 0.2) is 0 Å². The Bertz CT molecular complexity index is 594. The molecule has 1 aromatic heterocycles. The number of fused-ring (bicyclic) bond motifs is 1. The number of hydrogen-bond acceptors (Lipinski definition) is 1. The fourth-order valence-corrected chi connectivity index (χ4v) is 2.41. The van der Waals surface area contributed by atoms with Crippen molar-refractivity contribution >= 4 is 16.9 Å². The maximum atomic E-state index is 11.0. The van der Waals surface area contributed by atoms with Gasteiger partial charge in [0.2, 0.25) is 0 Å². The summed E-state index contributed by atoms with van der Waals surface area (Å²) in [6.07, 6.45) is 0. The minimum atomic E-state index is -0.875. The highest BCUT2D eigenvalue weighted by Gasteiger charge is 2.15. The molecular formula is C15H19NO2. The molecular weight excluding hydrogens is 226 g/mol. The van der Waals surface area contributed by atoms with E-state index >= 15 is 0 Å². The van der Waals surface area contributed by atoms with Crippen LogP contribution in [0.5, 0.6) is 0 Å². The molecule has 0 unspecified atom stereocenters. The number of hydrogen-bond donors (Lipinski definition) is 1. The van der Waals surface area contributed by atoms with E-state index in [0.717, 1.165) is 10.9 Å². The van der Waals surface area contributed by atoms with E-state index in [4.69, 9.17) is 5.11 Å². The average Bonchev–Trinajstić information content (AvgIpc) is 2.66. The van der Waals surface area contributed by atoms with E-state index in [0.29, 0.717) is 17.5 Å². The molecule has 1 N–H and O–H groups in total. The van der Waals surface area contributed by atoms with Crippen molar-refractivity contribution < 1.29 is 9.90 Å². The maximum Gasteiger partial charge on any atom is 0.335 e. The second kappa shape index (κ2) is 4.48. The molecule has 18 heavy (non-hydrogen) atoms. The lowest BCUT2D eigenvalue weighted by atomic mass is 10.1. The fraction of sp³-hybridized carbons (Fsp3) is 0.400. The van der Waals surface area contributed by atoms with E-state index in [-0.39, 0.29) is 0 Å². The van der Waals surface area contributed by atoms with Gasteiger partial charge in [0.25, 0.3) is 0 Å². The third-order valence-corrected chi connectivity index (χ3v) is 3.22. The van der Waals surface area contributed by atoms with Gasteiger partial charge in [-0.2, -0.15) is 0 Å². The summed E-state index contributed by atoms with van der Waals surface area (Å²) in [5.74, 6) is -0.451. The van der Waals surface area contributed by atoms with Crippen LogP contribution in [-0.4, -0.2) is 15.6 Å². The van der Waals surface area contributed by atoms with Crippen molar-refractivity contribution in [2.75, 3.05) is 0 Å². The Labute approximate surface area is 107 Å². The fourth-order valence-electron chi connectivity index (χ4n) is 2.41.